The van der Waals surface area contributed by atoms with E-state index in [1.54, 1.807) is 4.68 Å². The molecule has 2 N–H and O–H groups in total. The van der Waals surface area contributed by atoms with E-state index in [2.05, 4.69) is 26.2 Å². The Balaban J connectivity index is 1.41. The van der Waals surface area contributed by atoms with Crippen molar-refractivity contribution < 1.29 is 9.53 Å². The third kappa shape index (κ3) is 4.49. The molecular formula is C25H21ClN6O2. The molecule has 170 valence electrons. The van der Waals surface area contributed by atoms with Crippen LogP contribution in [0, 0.1) is 0 Å². The fraction of sp³-hybridized carbons (Fsp3) is 0.120. The number of aromatic nitrogens is 4. The number of carbonyl (C=O) groups is 1. The predicted octanol–water partition coefficient (Wildman–Crippen LogP) is 4.83. The molecule has 1 aliphatic heterocycles. The second kappa shape index (κ2) is 9.36. The zero-order valence-corrected chi connectivity index (χ0v) is 19.0. The van der Waals surface area contributed by atoms with Crippen LogP contribution in [0.25, 0.3) is 0 Å². The molecule has 8 nitrogen and oxygen atoms in total. The second-order valence-corrected chi connectivity index (χ2v) is 8.26. The molecule has 9 heteroatoms. The largest absolute Gasteiger partial charge is 0.489 e. The average molecular weight is 473 g/mol. The molecule has 0 spiro atoms. The molecule has 5 rings (SSSR count). The molecule has 3 aromatic carbocycles. The smallest absolute Gasteiger partial charge is 0.255 e. The fourth-order valence-corrected chi connectivity index (χ4v) is 4.09. The number of nitrogens with one attached hydrogen (secondary N) is 2. The summed E-state index contributed by atoms with van der Waals surface area (Å²) >= 11 is 6.05. The molecule has 1 aliphatic rings. The first-order valence-electron chi connectivity index (χ1n) is 10.7. The molecule has 1 amide bonds. The molecule has 0 saturated heterocycles. The van der Waals surface area contributed by atoms with Crippen molar-refractivity contribution in [3.63, 3.8) is 0 Å². The van der Waals surface area contributed by atoms with Gasteiger partial charge in [-0.3, -0.25) is 4.79 Å². The first-order valence-corrected chi connectivity index (χ1v) is 11.1. The zero-order valence-electron chi connectivity index (χ0n) is 18.3. The Labute approximate surface area is 201 Å². The number of nitrogens with zero attached hydrogens (tertiary/aromatic N) is 4. The minimum atomic E-state index is -0.503. The number of carbonyl (C=O) groups excluding carboxylic acids is 1. The normalized spacial score (nSPS) is 14.8. The number of amides is 1. The zero-order chi connectivity index (χ0) is 23.5. The lowest BCUT2D eigenvalue weighted by atomic mass is 9.95. The van der Waals surface area contributed by atoms with E-state index in [-0.39, 0.29) is 5.91 Å². The van der Waals surface area contributed by atoms with E-state index in [1.165, 1.54) is 0 Å². The monoisotopic (exact) mass is 472 g/mol. The van der Waals surface area contributed by atoms with Gasteiger partial charge in [0.2, 0.25) is 5.95 Å². The maximum absolute atomic E-state index is 13.3. The third-order valence-corrected chi connectivity index (χ3v) is 5.72. The van der Waals surface area contributed by atoms with Crippen LogP contribution in [0.15, 0.2) is 90.1 Å². The lowest BCUT2D eigenvalue weighted by Crippen LogP contribution is -2.31. The van der Waals surface area contributed by atoms with Crippen molar-refractivity contribution in [2.24, 2.45) is 0 Å². The molecule has 34 heavy (non-hydrogen) atoms. The molecule has 0 fully saturated rings. The summed E-state index contributed by atoms with van der Waals surface area (Å²) in [6.45, 7) is 2.24. The molecule has 0 saturated carbocycles. The second-order valence-electron chi connectivity index (χ2n) is 7.82. The standard InChI is InChI=1S/C25H21ClN6O2/c1-16-22(24(33)28-20-8-3-2-4-9-20)23(32-25(27-16)29-30-31-32)18-10-12-21(13-11-18)34-15-17-6-5-7-19(26)14-17/h2-14,23H,15H2,1H3,(H,28,33)(H,27,29,31). The number of hydrogen-bond donors (Lipinski definition) is 2. The van der Waals surface area contributed by atoms with Crippen molar-refractivity contribution in [1.29, 1.82) is 0 Å². The first-order chi connectivity index (χ1) is 16.6. The van der Waals surface area contributed by atoms with Gasteiger partial charge in [0.25, 0.3) is 5.91 Å². The molecule has 0 aliphatic carbocycles. The SMILES string of the molecule is CC1=C(C(=O)Nc2ccccc2)C(c2ccc(OCc3cccc(Cl)c3)cc2)n2nnnc2N1. The van der Waals surface area contributed by atoms with E-state index < -0.39 is 6.04 Å². The number of ether oxygens (including phenoxy) is 1. The van der Waals surface area contributed by atoms with Crippen LogP contribution in [0.3, 0.4) is 0 Å². The van der Waals surface area contributed by atoms with Gasteiger partial charge in [0.15, 0.2) is 0 Å². The molecule has 0 radical (unpaired) electrons. The molecule has 4 aromatic rings. The maximum Gasteiger partial charge on any atom is 0.255 e. The molecule has 1 atom stereocenters. The Kier molecular flexibility index (Phi) is 5.97. The van der Waals surface area contributed by atoms with Crippen LogP contribution in [-0.4, -0.2) is 26.1 Å². The summed E-state index contributed by atoms with van der Waals surface area (Å²) in [6.07, 6.45) is 0. The molecule has 1 unspecified atom stereocenters. The van der Waals surface area contributed by atoms with E-state index in [0.717, 1.165) is 11.1 Å². The van der Waals surface area contributed by atoms with Gasteiger partial charge < -0.3 is 15.4 Å². The lowest BCUT2D eigenvalue weighted by Gasteiger charge is -2.28. The van der Waals surface area contributed by atoms with Crippen molar-refractivity contribution in [1.82, 2.24) is 20.2 Å². The Morgan fingerprint density at radius 3 is 2.65 bits per heavy atom. The van der Waals surface area contributed by atoms with Crippen LogP contribution in [0.2, 0.25) is 5.02 Å². The highest BCUT2D eigenvalue weighted by molar-refractivity contribution is 6.30. The number of allylic oxidation sites excluding steroid dienone is 1. The van der Waals surface area contributed by atoms with Gasteiger partial charge in [-0.25, -0.2) is 0 Å². The average Bonchev–Trinajstić information content (AvgIpc) is 3.31. The highest BCUT2D eigenvalue weighted by Gasteiger charge is 2.34. The van der Waals surface area contributed by atoms with Crippen LogP contribution in [-0.2, 0) is 11.4 Å². The van der Waals surface area contributed by atoms with Crippen molar-refractivity contribution in [2.75, 3.05) is 10.6 Å². The van der Waals surface area contributed by atoms with Crippen LogP contribution in [0.1, 0.15) is 24.1 Å². The Hall–Kier alpha value is -4.17. The van der Waals surface area contributed by atoms with Gasteiger partial charge in [0.05, 0.1) is 5.57 Å². The van der Waals surface area contributed by atoms with Crippen molar-refractivity contribution in [2.45, 2.75) is 19.6 Å². The molecule has 2 heterocycles. The predicted molar refractivity (Wildman–Crippen MR) is 130 cm³/mol. The van der Waals surface area contributed by atoms with Crippen LogP contribution < -0.4 is 15.4 Å². The quantitative estimate of drug-likeness (QED) is 0.417. The Morgan fingerprint density at radius 2 is 1.88 bits per heavy atom. The number of anilines is 2. The van der Waals surface area contributed by atoms with Gasteiger partial charge in [-0.1, -0.05) is 59.2 Å². The number of hydrogen-bond acceptors (Lipinski definition) is 6. The summed E-state index contributed by atoms with van der Waals surface area (Å²) in [5, 5.41) is 18.7. The number of halogens is 1. The van der Waals surface area contributed by atoms with E-state index >= 15 is 0 Å². The van der Waals surface area contributed by atoms with E-state index in [1.807, 2.05) is 85.8 Å². The Morgan fingerprint density at radius 1 is 1.09 bits per heavy atom. The topological polar surface area (TPSA) is 94.0 Å². The van der Waals surface area contributed by atoms with Gasteiger partial charge in [-0.15, -0.1) is 0 Å². The van der Waals surface area contributed by atoms with Gasteiger partial charge >= 0.3 is 0 Å². The van der Waals surface area contributed by atoms with E-state index in [0.29, 0.717) is 40.3 Å². The number of para-hydroxylation sites is 1. The highest BCUT2D eigenvalue weighted by Crippen LogP contribution is 2.35. The van der Waals surface area contributed by atoms with Gasteiger partial charge in [0.1, 0.15) is 18.4 Å². The summed E-state index contributed by atoms with van der Waals surface area (Å²) in [7, 11) is 0. The van der Waals surface area contributed by atoms with Gasteiger partial charge in [-0.05, 0) is 64.9 Å². The van der Waals surface area contributed by atoms with Crippen LogP contribution >= 0.6 is 11.6 Å². The van der Waals surface area contributed by atoms with Gasteiger partial charge in [-0.2, -0.15) is 4.68 Å². The summed E-state index contributed by atoms with van der Waals surface area (Å²) in [6, 6.07) is 23.9. The third-order valence-electron chi connectivity index (χ3n) is 5.48. The Bertz CT molecular complexity index is 1350. The maximum atomic E-state index is 13.3. The molecule has 0 bridgehead atoms. The lowest BCUT2D eigenvalue weighted by molar-refractivity contribution is -0.113. The summed E-state index contributed by atoms with van der Waals surface area (Å²) < 4.78 is 7.51. The van der Waals surface area contributed by atoms with Crippen molar-refractivity contribution in [3.8, 4) is 5.75 Å². The number of rotatable bonds is 6. The summed E-state index contributed by atoms with van der Waals surface area (Å²) in [4.78, 5) is 13.3. The summed E-state index contributed by atoms with van der Waals surface area (Å²) in [5.41, 5.74) is 3.74. The van der Waals surface area contributed by atoms with Crippen LogP contribution in [0.4, 0.5) is 11.6 Å². The van der Waals surface area contributed by atoms with Crippen molar-refractivity contribution in [3.05, 3.63) is 106 Å². The first kappa shape index (κ1) is 21.7. The molecule has 1 aromatic heterocycles. The van der Waals surface area contributed by atoms with Gasteiger partial charge in [0, 0.05) is 16.4 Å². The number of benzene rings is 3. The van der Waals surface area contributed by atoms with E-state index in [9.17, 15) is 4.79 Å². The molecular weight excluding hydrogens is 452 g/mol. The van der Waals surface area contributed by atoms with Crippen LogP contribution in [0.5, 0.6) is 5.75 Å². The fourth-order valence-electron chi connectivity index (χ4n) is 3.87. The number of tetrazole rings is 1. The minimum Gasteiger partial charge on any atom is -0.489 e. The summed E-state index contributed by atoms with van der Waals surface area (Å²) in [5.74, 6) is 0.939. The minimum absolute atomic E-state index is 0.233. The van der Waals surface area contributed by atoms with Crippen molar-refractivity contribution >= 4 is 29.1 Å². The highest BCUT2D eigenvalue weighted by atomic mass is 35.5. The van der Waals surface area contributed by atoms with E-state index in [4.69, 9.17) is 16.3 Å². The number of fused-ring (bicyclic) bond motifs is 1.